The lowest BCUT2D eigenvalue weighted by Gasteiger charge is -2.18. The van der Waals surface area contributed by atoms with Crippen molar-refractivity contribution in [3.8, 4) is 0 Å². The highest BCUT2D eigenvalue weighted by molar-refractivity contribution is 7.46. The Kier molecular flexibility index (Phi) is 40.7. The van der Waals surface area contributed by atoms with E-state index in [2.05, 4.69) is 79.1 Å². The van der Waals surface area contributed by atoms with E-state index in [1.165, 1.54) is 89.9 Å². The fourth-order valence-corrected chi connectivity index (χ4v) is 6.53. The molecule has 0 saturated carbocycles. The van der Waals surface area contributed by atoms with Gasteiger partial charge in [-0.15, -0.1) is 0 Å². The number of carbonyl (C=O) groups is 2. The van der Waals surface area contributed by atoms with Crippen LogP contribution in [0.4, 0.5) is 0 Å². The van der Waals surface area contributed by atoms with Crippen LogP contribution in [-0.4, -0.2) is 41.0 Å². The van der Waals surface area contributed by atoms with Crippen molar-refractivity contribution < 1.29 is 37.9 Å². The van der Waals surface area contributed by atoms with Crippen molar-refractivity contribution in [2.45, 2.75) is 213 Å². The van der Waals surface area contributed by atoms with Gasteiger partial charge in [0.15, 0.2) is 6.10 Å². The summed E-state index contributed by atoms with van der Waals surface area (Å²) in [5, 5.41) is 0. The van der Waals surface area contributed by atoms with E-state index in [1.807, 2.05) is 0 Å². The molecule has 0 aromatic carbocycles. The molecule has 0 fully saturated rings. The number of unbranched alkanes of at least 4 members (excludes halogenated alkanes) is 21. The van der Waals surface area contributed by atoms with E-state index < -0.39 is 32.5 Å². The molecule has 0 aliphatic carbocycles. The molecule has 0 unspecified atom stereocenters. The quantitative estimate of drug-likeness (QED) is 0.0271. The third-order valence-corrected chi connectivity index (χ3v) is 9.98. The second-order valence-electron chi connectivity index (χ2n) is 15.0. The highest BCUT2D eigenvalue weighted by Gasteiger charge is 2.22. The number of hydrogen-bond donors (Lipinski definition) is 2. The second kappa shape index (κ2) is 42.4. The highest BCUT2D eigenvalue weighted by atomic mass is 31.2. The second-order valence-corrected chi connectivity index (χ2v) is 16.2. The summed E-state index contributed by atoms with van der Waals surface area (Å²) in [7, 11) is -4.77. The van der Waals surface area contributed by atoms with Crippen molar-refractivity contribution in [3.05, 3.63) is 60.8 Å². The van der Waals surface area contributed by atoms with Crippen LogP contribution < -0.4 is 0 Å². The number of allylic oxidation sites excluding steroid dienone is 10. The number of rotatable bonds is 41. The van der Waals surface area contributed by atoms with Gasteiger partial charge in [-0.1, -0.05) is 177 Å². The third-order valence-electron chi connectivity index (χ3n) is 9.50. The zero-order valence-electron chi connectivity index (χ0n) is 35.8. The zero-order valence-corrected chi connectivity index (χ0v) is 36.7. The lowest BCUT2D eigenvalue weighted by Crippen LogP contribution is -2.29. The molecule has 1 atom stereocenters. The van der Waals surface area contributed by atoms with Crippen LogP contribution in [0.5, 0.6) is 0 Å². The van der Waals surface area contributed by atoms with Gasteiger partial charge in [-0.25, -0.2) is 4.57 Å². The average molecular weight is 807 g/mol. The van der Waals surface area contributed by atoms with E-state index in [9.17, 15) is 14.2 Å². The maximum atomic E-state index is 12.4. The number of ether oxygens (including phenoxy) is 2. The molecule has 0 amide bonds. The molecular weight excluding hydrogens is 723 g/mol. The summed E-state index contributed by atoms with van der Waals surface area (Å²) in [6.07, 6.45) is 53.9. The van der Waals surface area contributed by atoms with Crippen LogP contribution in [0.1, 0.15) is 206 Å². The summed E-state index contributed by atoms with van der Waals surface area (Å²) in [6.45, 7) is 3.54. The first-order valence-electron chi connectivity index (χ1n) is 22.6. The van der Waals surface area contributed by atoms with Crippen LogP contribution in [0.2, 0.25) is 0 Å². The maximum absolute atomic E-state index is 12.4. The molecule has 0 aliphatic heterocycles. The van der Waals surface area contributed by atoms with Gasteiger partial charge in [0.25, 0.3) is 0 Å². The number of esters is 2. The van der Waals surface area contributed by atoms with Crippen molar-refractivity contribution in [3.63, 3.8) is 0 Å². The molecule has 8 nitrogen and oxygen atoms in total. The van der Waals surface area contributed by atoms with Gasteiger partial charge in [0.2, 0.25) is 0 Å². The van der Waals surface area contributed by atoms with Crippen LogP contribution in [0.3, 0.4) is 0 Å². The smallest absolute Gasteiger partial charge is 0.462 e. The lowest BCUT2D eigenvalue weighted by atomic mass is 10.0. The molecule has 0 aromatic rings. The Morgan fingerprint density at radius 3 is 1.41 bits per heavy atom. The number of carbonyl (C=O) groups excluding carboxylic acids is 2. The number of hydrogen-bond acceptors (Lipinski definition) is 6. The van der Waals surface area contributed by atoms with Gasteiger partial charge in [0, 0.05) is 12.8 Å². The first kappa shape index (κ1) is 53.8. The Hall–Kier alpha value is -2.25. The van der Waals surface area contributed by atoms with Crippen LogP contribution in [0.25, 0.3) is 0 Å². The summed E-state index contributed by atoms with van der Waals surface area (Å²) in [4.78, 5) is 42.9. The summed E-state index contributed by atoms with van der Waals surface area (Å²) in [5.41, 5.74) is 0. The van der Waals surface area contributed by atoms with Gasteiger partial charge in [-0.3, -0.25) is 14.1 Å². The Bertz CT molecular complexity index is 1090. The third kappa shape index (κ3) is 44.5. The molecule has 9 heteroatoms. The fourth-order valence-electron chi connectivity index (χ4n) is 6.17. The molecule has 2 N–H and O–H groups in total. The average Bonchev–Trinajstić information content (AvgIpc) is 3.17. The Morgan fingerprint density at radius 1 is 0.482 bits per heavy atom. The molecule has 0 bridgehead atoms. The molecule has 0 heterocycles. The summed E-state index contributed by atoms with van der Waals surface area (Å²) < 4.78 is 26.4. The Balaban J connectivity index is 3.93. The van der Waals surface area contributed by atoms with Gasteiger partial charge >= 0.3 is 19.8 Å². The van der Waals surface area contributed by atoms with E-state index in [0.29, 0.717) is 12.8 Å². The van der Waals surface area contributed by atoms with Crippen molar-refractivity contribution in [2.75, 3.05) is 13.2 Å². The first-order chi connectivity index (χ1) is 27.3. The molecule has 0 radical (unpaired) electrons. The van der Waals surface area contributed by atoms with Gasteiger partial charge in [-0.05, 0) is 77.0 Å². The van der Waals surface area contributed by atoms with Crippen LogP contribution in [0, 0.1) is 0 Å². The van der Waals surface area contributed by atoms with Gasteiger partial charge < -0.3 is 19.3 Å². The molecular formula is C47H83O8P. The number of phosphoric ester groups is 1. The molecule has 324 valence electrons. The van der Waals surface area contributed by atoms with E-state index in [1.54, 1.807) is 0 Å². The molecule has 0 rings (SSSR count). The van der Waals surface area contributed by atoms with Gasteiger partial charge in [-0.2, -0.15) is 0 Å². The van der Waals surface area contributed by atoms with Crippen LogP contribution in [0.15, 0.2) is 60.8 Å². The van der Waals surface area contributed by atoms with Gasteiger partial charge in [0.05, 0.1) is 6.61 Å². The molecule has 56 heavy (non-hydrogen) atoms. The Morgan fingerprint density at radius 2 is 0.893 bits per heavy atom. The SMILES string of the molecule is CC/C=C/C/C=C/C/C=C/CCCCCCCC(=O)O[C@H](COC(=O)CCC/C=C/CC/C=C/CCCCCCCCCCCCCCCC)COP(=O)(O)O. The first-order valence-corrected chi connectivity index (χ1v) is 24.1. The molecule has 0 spiro atoms. The summed E-state index contributed by atoms with van der Waals surface area (Å²) in [5.74, 6) is -0.954. The predicted octanol–water partition coefficient (Wildman–Crippen LogP) is 14.1. The Labute approximate surface area is 343 Å². The molecule has 0 saturated heterocycles. The molecule has 0 aromatic heterocycles. The van der Waals surface area contributed by atoms with Crippen molar-refractivity contribution in [2.24, 2.45) is 0 Å². The van der Waals surface area contributed by atoms with Crippen LogP contribution in [-0.2, 0) is 28.2 Å². The normalized spacial score (nSPS) is 13.0. The lowest BCUT2D eigenvalue weighted by molar-refractivity contribution is -0.161. The fraction of sp³-hybridized carbons (Fsp3) is 0.745. The minimum atomic E-state index is -4.77. The minimum Gasteiger partial charge on any atom is -0.462 e. The standard InChI is InChI=1S/C47H83O8P/c1-3-5-7-9-11-13-15-17-19-20-21-22-23-24-25-26-28-29-31-33-35-37-39-41-46(48)53-43-45(44-54-56(50,51)52)55-47(49)42-40-38-36-34-32-30-27-18-16-14-12-10-8-6-4-2/h6,8,12,14,18,26-28,33,35,45H,3-5,7,9-11,13,15-17,19-25,29-32,34,36-44H2,1-2H3,(H2,50,51,52)/b8-6+,14-12+,27-18+,28-26+,35-33+/t45-/m1/s1. The topological polar surface area (TPSA) is 119 Å². The molecule has 0 aliphatic rings. The predicted molar refractivity (Wildman–Crippen MR) is 234 cm³/mol. The van der Waals surface area contributed by atoms with Crippen molar-refractivity contribution in [1.82, 2.24) is 0 Å². The largest absolute Gasteiger partial charge is 0.469 e. The monoisotopic (exact) mass is 807 g/mol. The van der Waals surface area contributed by atoms with Gasteiger partial charge in [0.1, 0.15) is 6.61 Å². The van der Waals surface area contributed by atoms with E-state index in [4.69, 9.17) is 19.3 Å². The summed E-state index contributed by atoms with van der Waals surface area (Å²) >= 11 is 0. The highest BCUT2D eigenvalue weighted by Crippen LogP contribution is 2.36. The summed E-state index contributed by atoms with van der Waals surface area (Å²) in [6, 6.07) is 0. The van der Waals surface area contributed by atoms with E-state index in [0.717, 1.165) is 77.0 Å². The van der Waals surface area contributed by atoms with E-state index >= 15 is 0 Å². The van der Waals surface area contributed by atoms with Crippen LogP contribution >= 0.6 is 7.82 Å². The van der Waals surface area contributed by atoms with Crippen molar-refractivity contribution in [1.29, 1.82) is 0 Å². The zero-order chi connectivity index (χ0) is 41.1. The number of phosphoric acid groups is 1. The minimum absolute atomic E-state index is 0.182. The maximum Gasteiger partial charge on any atom is 0.469 e. The van der Waals surface area contributed by atoms with E-state index in [-0.39, 0.29) is 19.4 Å². The van der Waals surface area contributed by atoms with Crippen molar-refractivity contribution >= 4 is 19.8 Å².